The van der Waals surface area contributed by atoms with Gasteiger partial charge in [-0.25, -0.2) is 0 Å². The van der Waals surface area contributed by atoms with Crippen LogP contribution in [0.1, 0.15) is 47.0 Å². The van der Waals surface area contributed by atoms with Gasteiger partial charge in [-0.3, -0.25) is 0 Å². The van der Waals surface area contributed by atoms with Gasteiger partial charge in [0.15, 0.2) is 0 Å². The van der Waals surface area contributed by atoms with Crippen molar-refractivity contribution < 1.29 is 0 Å². The van der Waals surface area contributed by atoms with E-state index in [0.717, 1.165) is 25.4 Å². The van der Waals surface area contributed by atoms with Crippen LogP contribution >= 0.6 is 0 Å². The molecule has 2 heteroatoms. The lowest BCUT2D eigenvalue weighted by atomic mass is 10.00. The quantitative estimate of drug-likeness (QED) is 0.598. The van der Waals surface area contributed by atoms with E-state index in [0.29, 0.717) is 0 Å². The lowest BCUT2D eigenvalue weighted by molar-refractivity contribution is 0.358. The van der Waals surface area contributed by atoms with Crippen LogP contribution in [0.2, 0.25) is 0 Å². The van der Waals surface area contributed by atoms with Crippen LogP contribution in [0.25, 0.3) is 0 Å². The van der Waals surface area contributed by atoms with E-state index in [9.17, 15) is 0 Å². The molecule has 0 rings (SSSR count). The van der Waals surface area contributed by atoms with E-state index in [1.807, 2.05) is 0 Å². The van der Waals surface area contributed by atoms with Crippen molar-refractivity contribution in [2.75, 3.05) is 13.1 Å². The summed E-state index contributed by atoms with van der Waals surface area (Å²) in [6.45, 7) is 10.9. The van der Waals surface area contributed by atoms with E-state index < -0.39 is 0 Å². The predicted molar refractivity (Wildman–Crippen MR) is 59.8 cm³/mol. The average Bonchev–Trinajstić information content (AvgIpc) is 1.98. The summed E-state index contributed by atoms with van der Waals surface area (Å²) in [5, 5.41) is 3.54. The van der Waals surface area contributed by atoms with Crippen molar-refractivity contribution in [1.29, 1.82) is 0 Å². The first kappa shape index (κ1) is 12.9. The van der Waals surface area contributed by atoms with Gasteiger partial charge < -0.3 is 11.1 Å². The minimum absolute atomic E-state index is 0.214. The number of hydrogen-bond donors (Lipinski definition) is 2. The molecule has 0 aliphatic carbocycles. The standard InChI is InChI=1S/C11H26N2/c1-10(2)6-5-9-13-11(3,4)7-8-12/h10,13H,5-9,12H2,1-4H3. The maximum atomic E-state index is 5.53. The van der Waals surface area contributed by atoms with Gasteiger partial charge in [-0.1, -0.05) is 13.8 Å². The molecule has 0 heterocycles. The van der Waals surface area contributed by atoms with E-state index in [1.165, 1.54) is 12.8 Å². The summed E-state index contributed by atoms with van der Waals surface area (Å²) < 4.78 is 0. The Kier molecular flexibility index (Phi) is 6.35. The van der Waals surface area contributed by atoms with E-state index in [2.05, 4.69) is 33.0 Å². The SMILES string of the molecule is CC(C)CCCNC(C)(C)CCN. The molecule has 0 aromatic carbocycles. The van der Waals surface area contributed by atoms with Crippen LogP contribution in [0.3, 0.4) is 0 Å². The molecule has 0 bridgehead atoms. The Morgan fingerprint density at radius 2 is 1.92 bits per heavy atom. The van der Waals surface area contributed by atoms with Gasteiger partial charge in [0.2, 0.25) is 0 Å². The molecule has 80 valence electrons. The molecule has 0 saturated carbocycles. The van der Waals surface area contributed by atoms with Gasteiger partial charge in [0, 0.05) is 5.54 Å². The lowest BCUT2D eigenvalue weighted by Crippen LogP contribution is -2.41. The molecule has 0 atom stereocenters. The Morgan fingerprint density at radius 1 is 1.31 bits per heavy atom. The third-order valence-electron chi connectivity index (χ3n) is 2.33. The van der Waals surface area contributed by atoms with Crippen molar-refractivity contribution in [2.45, 2.75) is 52.5 Å². The molecule has 0 aromatic rings. The van der Waals surface area contributed by atoms with Crippen LogP contribution in [0, 0.1) is 5.92 Å². The molecule has 0 spiro atoms. The van der Waals surface area contributed by atoms with E-state index in [4.69, 9.17) is 5.73 Å². The fraction of sp³-hybridized carbons (Fsp3) is 1.00. The number of rotatable bonds is 7. The second kappa shape index (κ2) is 6.39. The number of nitrogens with one attached hydrogen (secondary N) is 1. The summed E-state index contributed by atoms with van der Waals surface area (Å²) in [5.74, 6) is 0.819. The predicted octanol–water partition coefficient (Wildman–Crippen LogP) is 2.14. The van der Waals surface area contributed by atoms with Crippen LogP contribution in [0.4, 0.5) is 0 Å². The highest BCUT2D eigenvalue weighted by Gasteiger charge is 2.14. The van der Waals surface area contributed by atoms with Gasteiger partial charge in [0.25, 0.3) is 0 Å². The third-order valence-corrected chi connectivity index (χ3v) is 2.33. The largest absolute Gasteiger partial charge is 0.330 e. The van der Waals surface area contributed by atoms with Crippen molar-refractivity contribution in [3.05, 3.63) is 0 Å². The van der Waals surface area contributed by atoms with Crippen molar-refractivity contribution in [2.24, 2.45) is 11.7 Å². The van der Waals surface area contributed by atoms with Crippen molar-refractivity contribution in [3.63, 3.8) is 0 Å². The first-order chi connectivity index (χ1) is 5.98. The first-order valence-electron chi connectivity index (χ1n) is 5.43. The Labute approximate surface area is 83.3 Å². The van der Waals surface area contributed by atoms with Crippen LogP contribution < -0.4 is 11.1 Å². The summed E-state index contributed by atoms with van der Waals surface area (Å²) in [6, 6.07) is 0. The fourth-order valence-corrected chi connectivity index (χ4v) is 1.39. The van der Waals surface area contributed by atoms with Gasteiger partial charge in [-0.05, 0) is 52.1 Å². The molecular weight excluding hydrogens is 160 g/mol. The molecule has 0 aromatic heterocycles. The van der Waals surface area contributed by atoms with Gasteiger partial charge >= 0.3 is 0 Å². The third kappa shape index (κ3) is 8.26. The molecule has 0 fully saturated rings. The van der Waals surface area contributed by atoms with Gasteiger partial charge in [0.05, 0.1) is 0 Å². The zero-order valence-electron chi connectivity index (χ0n) is 9.69. The fourth-order valence-electron chi connectivity index (χ4n) is 1.39. The lowest BCUT2D eigenvalue weighted by Gasteiger charge is -2.25. The van der Waals surface area contributed by atoms with E-state index in [1.54, 1.807) is 0 Å². The molecule has 0 saturated heterocycles. The molecule has 0 aliphatic rings. The Balaban J connectivity index is 3.40. The van der Waals surface area contributed by atoms with Crippen LogP contribution in [-0.2, 0) is 0 Å². The van der Waals surface area contributed by atoms with Crippen molar-refractivity contribution in [1.82, 2.24) is 5.32 Å². The minimum Gasteiger partial charge on any atom is -0.330 e. The Morgan fingerprint density at radius 3 is 2.38 bits per heavy atom. The van der Waals surface area contributed by atoms with Gasteiger partial charge in [-0.2, -0.15) is 0 Å². The maximum Gasteiger partial charge on any atom is 0.0137 e. The summed E-state index contributed by atoms with van der Waals surface area (Å²) in [7, 11) is 0. The summed E-state index contributed by atoms with van der Waals surface area (Å²) >= 11 is 0. The molecule has 2 nitrogen and oxygen atoms in total. The Bertz CT molecular complexity index is 119. The highest BCUT2D eigenvalue weighted by molar-refractivity contribution is 4.77. The maximum absolute atomic E-state index is 5.53. The molecule has 0 radical (unpaired) electrons. The molecule has 13 heavy (non-hydrogen) atoms. The summed E-state index contributed by atoms with van der Waals surface area (Å²) in [6.07, 6.45) is 3.63. The molecule has 0 aliphatic heterocycles. The van der Waals surface area contributed by atoms with Gasteiger partial charge in [-0.15, -0.1) is 0 Å². The smallest absolute Gasteiger partial charge is 0.0137 e. The second-order valence-corrected chi connectivity index (χ2v) is 4.89. The summed E-state index contributed by atoms with van der Waals surface area (Å²) in [4.78, 5) is 0. The monoisotopic (exact) mass is 186 g/mol. The zero-order chi connectivity index (χ0) is 10.3. The van der Waals surface area contributed by atoms with Crippen molar-refractivity contribution in [3.8, 4) is 0 Å². The average molecular weight is 186 g/mol. The van der Waals surface area contributed by atoms with Crippen LogP contribution in [-0.4, -0.2) is 18.6 Å². The Hall–Kier alpha value is -0.0800. The van der Waals surface area contributed by atoms with Crippen molar-refractivity contribution >= 4 is 0 Å². The molecule has 0 unspecified atom stereocenters. The molecule has 3 N–H and O–H groups in total. The second-order valence-electron chi connectivity index (χ2n) is 4.89. The van der Waals surface area contributed by atoms with E-state index in [-0.39, 0.29) is 5.54 Å². The first-order valence-corrected chi connectivity index (χ1v) is 5.43. The van der Waals surface area contributed by atoms with Gasteiger partial charge in [0.1, 0.15) is 0 Å². The molecule has 0 amide bonds. The highest BCUT2D eigenvalue weighted by Crippen LogP contribution is 2.08. The van der Waals surface area contributed by atoms with Crippen LogP contribution in [0.15, 0.2) is 0 Å². The summed E-state index contributed by atoms with van der Waals surface area (Å²) in [5.41, 5.74) is 5.74. The van der Waals surface area contributed by atoms with E-state index >= 15 is 0 Å². The normalized spacial score (nSPS) is 12.5. The topological polar surface area (TPSA) is 38.0 Å². The molecular formula is C11H26N2. The zero-order valence-corrected chi connectivity index (χ0v) is 9.69. The number of hydrogen-bond acceptors (Lipinski definition) is 2. The minimum atomic E-state index is 0.214. The highest BCUT2D eigenvalue weighted by atomic mass is 14.9. The number of nitrogens with two attached hydrogens (primary N) is 1. The van der Waals surface area contributed by atoms with Crippen LogP contribution in [0.5, 0.6) is 0 Å².